The quantitative estimate of drug-likeness (QED) is 0.816. The zero-order chi connectivity index (χ0) is 12.3. The van der Waals surface area contributed by atoms with Crippen molar-refractivity contribution in [3.8, 4) is 0 Å². The fourth-order valence-electron chi connectivity index (χ4n) is 2.09. The van der Waals surface area contributed by atoms with Crippen LogP contribution in [0.15, 0.2) is 29.2 Å². The van der Waals surface area contributed by atoms with E-state index in [4.69, 9.17) is 5.73 Å². The van der Waals surface area contributed by atoms with Crippen LogP contribution >= 0.6 is 11.8 Å². The average Bonchev–Trinajstić information content (AvgIpc) is 2.39. The van der Waals surface area contributed by atoms with E-state index in [1.54, 1.807) is 11.8 Å². The van der Waals surface area contributed by atoms with E-state index in [2.05, 4.69) is 0 Å². The molecule has 92 valence electrons. The number of hydrogen-bond acceptors (Lipinski definition) is 3. The van der Waals surface area contributed by atoms with E-state index >= 15 is 0 Å². The molecule has 2 N–H and O–H groups in total. The van der Waals surface area contributed by atoms with Gasteiger partial charge in [-0.2, -0.15) is 0 Å². The van der Waals surface area contributed by atoms with Gasteiger partial charge in [0.2, 0.25) is 0 Å². The summed E-state index contributed by atoms with van der Waals surface area (Å²) in [7, 11) is 0. The monoisotopic (exact) mass is 250 g/mol. The van der Waals surface area contributed by atoms with Gasteiger partial charge in [0.1, 0.15) is 0 Å². The highest BCUT2D eigenvalue weighted by atomic mass is 32.2. The molecule has 1 amide bonds. The zero-order valence-corrected chi connectivity index (χ0v) is 10.9. The van der Waals surface area contributed by atoms with E-state index in [-0.39, 0.29) is 11.9 Å². The van der Waals surface area contributed by atoms with Crippen LogP contribution in [0.4, 0.5) is 0 Å². The minimum Gasteiger partial charge on any atom is -0.338 e. The summed E-state index contributed by atoms with van der Waals surface area (Å²) in [6, 6.07) is 8.04. The van der Waals surface area contributed by atoms with Crippen molar-refractivity contribution < 1.29 is 4.79 Å². The molecule has 1 aliphatic heterocycles. The number of amides is 1. The third-order valence-corrected chi connectivity index (χ3v) is 3.96. The molecule has 17 heavy (non-hydrogen) atoms. The minimum absolute atomic E-state index is 0.141. The van der Waals surface area contributed by atoms with Crippen molar-refractivity contribution in [2.75, 3.05) is 19.3 Å². The normalized spacial score (nSPS) is 17.2. The maximum absolute atomic E-state index is 12.4. The number of nitrogens with two attached hydrogens (primary N) is 1. The van der Waals surface area contributed by atoms with Gasteiger partial charge in [0, 0.05) is 24.0 Å². The second-order valence-corrected chi connectivity index (χ2v) is 5.18. The van der Waals surface area contributed by atoms with Crippen molar-refractivity contribution >= 4 is 17.7 Å². The van der Waals surface area contributed by atoms with E-state index in [1.807, 2.05) is 35.4 Å². The molecule has 1 aromatic rings. The molecule has 0 radical (unpaired) electrons. The molecule has 0 aliphatic carbocycles. The van der Waals surface area contributed by atoms with Crippen LogP contribution < -0.4 is 5.73 Å². The summed E-state index contributed by atoms with van der Waals surface area (Å²) >= 11 is 1.62. The van der Waals surface area contributed by atoms with Crippen molar-refractivity contribution in [2.45, 2.75) is 23.8 Å². The second kappa shape index (κ2) is 5.56. The van der Waals surface area contributed by atoms with Gasteiger partial charge in [-0.15, -0.1) is 11.8 Å². The highest BCUT2D eigenvalue weighted by Crippen LogP contribution is 2.22. The van der Waals surface area contributed by atoms with Crippen LogP contribution in [0, 0.1) is 0 Å². The van der Waals surface area contributed by atoms with Gasteiger partial charge in [0.05, 0.1) is 5.56 Å². The predicted octanol–water partition coefficient (Wildman–Crippen LogP) is 1.97. The zero-order valence-electron chi connectivity index (χ0n) is 10.1. The Balaban J connectivity index is 2.14. The second-order valence-electron chi connectivity index (χ2n) is 4.33. The topological polar surface area (TPSA) is 46.3 Å². The Kier molecular flexibility index (Phi) is 4.07. The number of carbonyl (C=O) groups excluding carboxylic acids is 1. The summed E-state index contributed by atoms with van der Waals surface area (Å²) in [6.07, 6.45) is 3.82. The molecule has 3 nitrogen and oxygen atoms in total. The Morgan fingerprint density at radius 1 is 1.35 bits per heavy atom. The van der Waals surface area contributed by atoms with Crippen molar-refractivity contribution in [3.63, 3.8) is 0 Å². The first kappa shape index (κ1) is 12.5. The SMILES string of the molecule is CSc1ccccc1C(=O)N1CCC(N)CC1. The van der Waals surface area contributed by atoms with Crippen molar-refractivity contribution in [3.05, 3.63) is 29.8 Å². The van der Waals surface area contributed by atoms with Crippen LogP contribution in [0.1, 0.15) is 23.2 Å². The molecule has 1 aromatic carbocycles. The fourth-order valence-corrected chi connectivity index (χ4v) is 2.68. The van der Waals surface area contributed by atoms with Gasteiger partial charge in [0.15, 0.2) is 0 Å². The van der Waals surface area contributed by atoms with Gasteiger partial charge < -0.3 is 10.6 Å². The summed E-state index contributed by atoms with van der Waals surface area (Å²) in [5, 5.41) is 0. The Morgan fingerprint density at radius 3 is 2.65 bits per heavy atom. The van der Waals surface area contributed by atoms with Crippen LogP contribution in [0.3, 0.4) is 0 Å². The third kappa shape index (κ3) is 2.82. The Morgan fingerprint density at radius 2 is 2.00 bits per heavy atom. The molecule has 0 aromatic heterocycles. The molecule has 0 bridgehead atoms. The lowest BCUT2D eigenvalue weighted by Gasteiger charge is -2.30. The van der Waals surface area contributed by atoms with E-state index in [9.17, 15) is 4.79 Å². The standard InChI is InChI=1S/C13H18N2OS/c1-17-12-5-3-2-4-11(12)13(16)15-8-6-10(14)7-9-15/h2-5,10H,6-9,14H2,1H3. The van der Waals surface area contributed by atoms with Crippen LogP contribution in [0.2, 0.25) is 0 Å². The van der Waals surface area contributed by atoms with Crippen molar-refractivity contribution in [1.29, 1.82) is 0 Å². The summed E-state index contributed by atoms with van der Waals surface area (Å²) in [4.78, 5) is 15.3. The van der Waals surface area contributed by atoms with Gasteiger partial charge in [-0.1, -0.05) is 12.1 Å². The lowest BCUT2D eigenvalue weighted by atomic mass is 10.0. The van der Waals surface area contributed by atoms with Crippen LogP contribution in [-0.2, 0) is 0 Å². The summed E-state index contributed by atoms with van der Waals surface area (Å²) < 4.78 is 0. The lowest BCUT2D eigenvalue weighted by molar-refractivity contribution is 0.0711. The summed E-state index contributed by atoms with van der Waals surface area (Å²) in [5.41, 5.74) is 6.67. The maximum atomic E-state index is 12.4. The number of piperidine rings is 1. The molecule has 1 aliphatic rings. The first-order valence-corrected chi connectivity index (χ1v) is 7.12. The summed E-state index contributed by atoms with van der Waals surface area (Å²) in [5.74, 6) is 0.141. The number of hydrogen-bond donors (Lipinski definition) is 1. The number of nitrogens with zero attached hydrogens (tertiary/aromatic N) is 1. The molecule has 0 spiro atoms. The van der Waals surface area contributed by atoms with E-state index < -0.39 is 0 Å². The lowest BCUT2D eigenvalue weighted by Crippen LogP contribution is -2.42. The number of rotatable bonds is 2. The smallest absolute Gasteiger partial charge is 0.254 e. The van der Waals surface area contributed by atoms with Crippen LogP contribution in [0.25, 0.3) is 0 Å². The fraction of sp³-hybridized carbons (Fsp3) is 0.462. The van der Waals surface area contributed by atoms with Gasteiger partial charge >= 0.3 is 0 Å². The largest absolute Gasteiger partial charge is 0.338 e. The first-order valence-electron chi connectivity index (χ1n) is 5.90. The maximum Gasteiger partial charge on any atom is 0.254 e. The predicted molar refractivity (Wildman–Crippen MR) is 71.3 cm³/mol. The minimum atomic E-state index is 0.141. The van der Waals surface area contributed by atoms with Crippen LogP contribution in [0.5, 0.6) is 0 Å². The highest BCUT2D eigenvalue weighted by Gasteiger charge is 2.22. The molecule has 0 atom stereocenters. The van der Waals surface area contributed by atoms with E-state index in [1.165, 1.54) is 0 Å². The highest BCUT2D eigenvalue weighted by molar-refractivity contribution is 7.98. The average molecular weight is 250 g/mol. The van der Waals surface area contributed by atoms with Gasteiger partial charge in [-0.05, 0) is 31.2 Å². The van der Waals surface area contributed by atoms with Gasteiger partial charge in [0.25, 0.3) is 5.91 Å². The van der Waals surface area contributed by atoms with Gasteiger partial charge in [-0.3, -0.25) is 4.79 Å². The molecule has 0 saturated carbocycles. The molecule has 1 saturated heterocycles. The number of benzene rings is 1. The first-order chi connectivity index (χ1) is 8.22. The molecule has 4 heteroatoms. The molecule has 0 unspecified atom stereocenters. The third-order valence-electron chi connectivity index (χ3n) is 3.16. The Bertz CT molecular complexity index is 400. The van der Waals surface area contributed by atoms with Gasteiger partial charge in [-0.25, -0.2) is 0 Å². The van der Waals surface area contributed by atoms with E-state index in [0.29, 0.717) is 0 Å². The summed E-state index contributed by atoms with van der Waals surface area (Å²) in [6.45, 7) is 1.56. The van der Waals surface area contributed by atoms with Crippen molar-refractivity contribution in [1.82, 2.24) is 4.90 Å². The number of likely N-dealkylation sites (tertiary alicyclic amines) is 1. The Labute approximate surface area is 106 Å². The number of thioether (sulfide) groups is 1. The van der Waals surface area contributed by atoms with E-state index in [0.717, 1.165) is 36.4 Å². The molecule has 1 fully saturated rings. The number of carbonyl (C=O) groups is 1. The Hall–Kier alpha value is -1.00. The molecule has 1 heterocycles. The molecular formula is C13H18N2OS. The van der Waals surface area contributed by atoms with Crippen LogP contribution in [-0.4, -0.2) is 36.2 Å². The molecular weight excluding hydrogens is 232 g/mol. The van der Waals surface area contributed by atoms with Crippen molar-refractivity contribution in [2.24, 2.45) is 5.73 Å². The molecule has 2 rings (SSSR count).